The van der Waals surface area contributed by atoms with Gasteiger partial charge in [0, 0.05) is 11.8 Å². The van der Waals surface area contributed by atoms with E-state index in [0.717, 1.165) is 23.1 Å². The van der Waals surface area contributed by atoms with Crippen molar-refractivity contribution in [1.29, 1.82) is 0 Å². The fourth-order valence-electron chi connectivity index (χ4n) is 2.16. The van der Waals surface area contributed by atoms with Gasteiger partial charge >= 0.3 is 0 Å². The second kappa shape index (κ2) is 4.67. The topological polar surface area (TPSA) is 66.0 Å². The predicted molar refractivity (Wildman–Crippen MR) is 67.0 cm³/mol. The van der Waals surface area contributed by atoms with Crippen molar-refractivity contribution in [1.82, 2.24) is 9.97 Å². The molecule has 0 saturated heterocycles. The summed E-state index contributed by atoms with van der Waals surface area (Å²) in [5.41, 5.74) is 4.02. The summed E-state index contributed by atoms with van der Waals surface area (Å²) in [5.74, 6) is 0. The van der Waals surface area contributed by atoms with Crippen LogP contribution < -0.4 is 5.56 Å². The van der Waals surface area contributed by atoms with Crippen molar-refractivity contribution < 1.29 is 5.11 Å². The zero-order valence-electron chi connectivity index (χ0n) is 10.1. The number of aromatic amines is 1. The van der Waals surface area contributed by atoms with Crippen LogP contribution in [-0.2, 0) is 19.4 Å². The van der Waals surface area contributed by atoms with Gasteiger partial charge in [-0.1, -0.05) is 13.8 Å². The Labute approximate surface area is 99.3 Å². The lowest BCUT2D eigenvalue weighted by Gasteiger charge is -2.09. The standard InChI is InChI=1S/C13H16N2O2/c1-3-9-10(4-2)13(17)15-11-5-8(7-16)6-14-12(9)11/h5-6,16H,3-4,7H2,1-2H3,(H,15,17). The molecule has 0 radical (unpaired) electrons. The normalized spacial score (nSPS) is 11.0. The zero-order valence-corrected chi connectivity index (χ0v) is 10.1. The maximum Gasteiger partial charge on any atom is 0.251 e. The number of aliphatic hydroxyl groups excluding tert-OH is 1. The van der Waals surface area contributed by atoms with E-state index in [9.17, 15) is 4.79 Å². The first-order chi connectivity index (χ1) is 8.21. The van der Waals surface area contributed by atoms with Gasteiger partial charge in [0.05, 0.1) is 17.6 Å². The molecule has 0 aliphatic heterocycles. The molecule has 2 rings (SSSR count). The lowest BCUT2D eigenvalue weighted by atomic mass is 10.0. The van der Waals surface area contributed by atoms with Gasteiger partial charge in [0.25, 0.3) is 5.56 Å². The highest BCUT2D eigenvalue weighted by Gasteiger charge is 2.10. The van der Waals surface area contributed by atoms with E-state index in [1.54, 1.807) is 12.3 Å². The third-order valence-electron chi connectivity index (χ3n) is 3.01. The second-order valence-corrected chi connectivity index (χ2v) is 4.02. The molecular weight excluding hydrogens is 216 g/mol. The van der Waals surface area contributed by atoms with E-state index in [1.165, 1.54) is 0 Å². The lowest BCUT2D eigenvalue weighted by molar-refractivity contribution is 0.281. The van der Waals surface area contributed by atoms with E-state index in [1.807, 2.05) is 13.8 Å². The Hall–Kier alpha value is -1.68. The molecule has 0 fully saturated rings. The quantitative estimate of drug-likeness (QED) is 0.843. The van der Waals surface area contributed by atoms with Gasteiger partial charge in [0.1, 0.15) is 0 Å². The SMILES string of the molecule is CCc1c(CC)c2ncc(CO)cc2[nH]c1=O. The summed E-state index contributed by atoms with van der Waals surface area (Å²) in [6.07, 6.45) is 3.15. The molecule has 2 aromatic heterocycles. The molecule has 0 aliphatic rings. The molecule has 2 heterocycles. The molecule has 4 heteroatoms. The predicted octanol–water partition coefficient (Wildman–Crippen LogP) is 1.54. The van der Waals surface area contributed by atoms with E-state index >= 15 is 0 Å². The summed E-state index contributed by atoms with van der Waals surface area (Å²) >= 11 is 0. The van der Waals surface area contributed by atoms with E-state index in [2.05, 4.69) is 9.97 Å². The minimum absolute atomic E-state index is 0.0475. The van der Waals surface area contributed by atoms with Crippen LogP contribution in [0.1, 0.15) is 30.5 Å². The van der Waals surface area contributed by atoms with Gasteiger partial charge in [0.15, 0.2) is 0 Å². The summed E-state index contributed by atoms with van der Waals surface area (Å²) < 4.78 is 0. The summed E-state index contributed by atoms with van der Waals surface area (Å²) in [4.78, 5) is 19.1. The number of nitrogens with one attached hydrogen (secondary N) is 1. The van der Waals surface area contributed by atoms with Crippen LogP contribution in [0.25, 0.3) is 11.0 Å². The van der Waals surface area contributed by atoms with Gasteiger partial charge in [-0.15, -0.1) is 0 Å². The smallest absolute Gasteiger partial charge is 0.251 e. The van der Waals surface area contributed by atoms with Crippen molar-refractivity contribution in [3.63, 3.8) is 0 Å². The molecular formula is C13H16N2O2. The van der Waals surface area contributed by atoms with Crippen molar-refractivity contribution >= 4 is 11.0 Å². The van der Waals surface area contributed by atoms with E-state index in [-0.39, 0.29) is 12.2 Å². The van der Waals surface area contributed by atoms with Crippen molar-refractivity contribution in [3.05, 3.63) is 39.3 Å². The van der Waals surface area contributed by atoms with E-state index in [0.29, 0.717) is 17.5 Å². The Morgan fingerprint density at radius 3 is 2.59 bits per heavy atom. The Balaban J connectivity index is 2.82. The Kier molecular flexibility index (Phi) is 3.24. The number of aryl methyl sites for hydroxylation is 1. The second-order valence-electron chi connectivity index (χ2n) is 4.02. The molecule has 0 unspecified atom stereocenters. The first-order valence-corrected chi connectivity index (χ1v) is 5.84. The van der Waals surface area contributed by atoms with E-state index < -0.39 is 0 Å². The van der Waals surface area contributed by atoms with Crippen LogP contribution in [0.15, 0.2) is 17.1 Å². The molecule has 0 bridgehead atoms. The van der Waals surface area contributed by atoms with Gasteiger partial charge in [-0.25, -0.2) is 0 Å². The first kappa shape index (κ1) is 11.8. The Bertz CT molecular complexity index is 602. The van der Waals surface area contributed by atoms with Crippen molar-refractivity contribution in [3.8, 4) is 0 Å². The van der Waals surface area contributed by atoms with Crippen molar-refractivity contribution in [2.75, 3.05) is 0 Å². The van der Waals surface area contributed by atoms with Gasteiger partial charge in [-0.2, -0.15) is 0 Å². The Morgan fingerprint density at radius 1 is 1.29 bits per heavy atom. The molecule has 0 spiro atoms. The third kappa shape index (κ3) is 1.96. The summed E-state index contributed by atoms with van der Waals surface area (Å²) in [6, 6.07) is 1.78. The number of hydrogen-bond acceptors (Lipinski definition) is 3. The number of nitrogens with zero attached hydrogens (tertiary/aromatic N) is 1. The molecule has 0 saturated carbocycles. The third-order valence-corrected chi connectivity index (χ3v) is 3.01. The summed E-state index contributed by atoms with van der Waals surface area (Å²) in [5, 5.41) is 9.06. The van der Waals surface area contributed by atoms with Gasteiger partial charge in [0.2, 0.25) is 0 Å². The highest BCUT2D eigenvalue weighted by atomic mass is 16.3. The molecule has 0 amide bonds. The highest BCUT2D eigenvalue weighted by molar-refractivity contribution is 5.79. The maximum absolute atomic E-state index is 11.9. The fraction of sp³-hybridized carbons (Fsp3) is 0.385. The monoisotopic (exact) mass is 232 g/mol. The number of fused-ring (bicyclic) bond motifs is 1. The van der Waals surface area contributed by atoms with Crippen LogP contribution >= 0.6 is 0 Å². The molecule has 2 aromatic rings. The summed E-state index contributed by atoms with van der Waals surface area (Å²) in [7, 11) is 0. The summed E-state index contributed by atoms with van der Waals surface area (Å²) in [6.45, 7) is 3.93. The van der Waals surface area contributed by atoms with Crippen LogP contribution in [0, 0.1) is 0 Å². The van der Waals surface area contributed by atoms with Crippen LogP contribution in [0.2, 0.25) is 0 Å². The van der Waals surface area contributed by atoms with Crippen LogP contribution in [-0.4, -0.2) is 15.1 Å². The number of aromatic nitrogens is 2. The molecule has 4 nitrogen and oxygen atoms in total. The largest absolute Gasteiger partial charge is 0.392 e. The van der Waals surface area contributed by atoms with Crippen molar-refractivity contribution in [2.24, 2.45) is 0 Å². The van der Waals surface area contributed by atoms with Gasteiger partial charge in [-0.05, 0) is 30.0 Å². The number of pyridine rings is 2. The van der Waals surface area contributed by atoms with Crippen molar-refractivity contribution in [2.45, 2.75) is 33.3 Å². The fourth-order valence-corrected chi connectivity index (χ4v) is 2.16. The minimum atomic E-state index is -0.0675. The molecule has 0 aromatic carbocycles. The van der Waals surface area contributed by atoms with Gasteiger partial charge < -0.3 is 10.1 Å². The van der Waals surface area contributed by atoms with Crippen LogP contribution in [0.4, 0.5) is 0 Å². The number of hydrogen-bond donors (Lipinski definition) is 2. The van der Waals surface area contributed by atoms with E-state index in [4.69, 9.17) is 5.11 Å². The average Bonchev–Trinajstić information content (AvgIpc) is 2.36. The lowest BCUT2D eigenvalue weighted by Crippen LogP contribution is -2.16. The zero-order chi connectivity index (χ0) is 12.4. The van der Waals surface area contributed by atoms with Crippen LogP contribution in [0.3, 0.4) is 0 Å². The molecule has 17 heavy (non-hydrogen) atoms. The number of rotatable bonds is 3. The minimum Gasteiger partial charge on any atom is -0.392 e. The number of aliphatic hydroxyl groups is 1. The molecule has 0 aliphatic carbocycles. The molecule has 2 N–H and O–H groups in total. The molecule has 0 atom stereocenters. The van der Waals surface area contributed by atoms with Gasteiger partial charge in [-0.3, -0.25) is 9.78 Å². The molecule has 90 valence electrons. The highest BCUT2D eigenvalue weighted by Crippen LogP contribution is 2.18. The first-order valence-electron chi connectivity index (χ1n) is 5.84. The maximum atomic E-state index is 11.9. The Morgan fingerprint density at radius 2 is 2.00 bits per heavy atom. The van der Waals surface area contributed by atoms with Crippen LogP contribution in [0.5, 0.6) is 0 Å². The average molecular weight is 232 g/mol. The number of H-pyrrole nitrogens is 1.